The number of anilines is 1. The lowest BCUT2D eigenvalue weighted by molar-refractivity contribution is -0.117. The van der Waals surface area contributed by atoms with Gasteiger partial charge in [-0.2, -0.15) is 0 Å². The third-order valence-corrected chi connectivity index (χ3v) is 5.62. The van der Waals surface area contributed by atoms with Crippen molar-refractivity contribution in [1.29, 1.82) is 0 Å². The molecule has 1 aromatic heterocycles. The normalized spacial score (nSPS) is 15.2. The smallest absolute Gasteiger partial charge is 0.240 e. The molecule has 0 radical (unpaired) electrons. The van der Waals surface area contributed by atoms with Crippen LogP contribution < -0.4 is 9.62 Å². The van der Waals surface area contributed by atoms with Gasteiger partial charge in [0, 0.05) is 37.5 Å². The molecule has 0 spiro atoms. The Labute approximate surface area is 152 Å². The van der Waals surface area contributed by atoms with Crippen molar-refractivity contribution in [1.82, 2.24) is 14.9 Å². The van der Waals surface area contributed by atoms with E-state index in [-0.39, 0.29) is 23.3 Å². The number of hydrogen-bond acceptors (Lipinski definition) is 6. The molecule has 26 heavy (non-hydrogen) atoms. The van der Waals surface area contributed by atoms with Crippen molar-refractivity contribution in [2.75, 3.05) is 18.0 Å². The lowest BCUT2D eigenvalue weighted by Crippen LogP contribution is -2.26. The van der Waals surface area contributed by atoms with Gasteiger partial charge in [0.05, 0.1) is 4.90 Å². The van der Waals surface area contributed by atoms with Gasteiger partial charge in [0.25, 0.3) is 0 Å². The maximum absolute atomic E-state index is 12.4. The highest BCUT2D eigenvalue weighted by atomic mass is 32.2. The van der Waals surface area contributed by atoms with Gasteiger partial charge in [-0.05, 0) is 30.7 Å². The van der Waals surface area contributed by atoms with Crippen LogP contribution in [0.4, 0.5) is 5.69 Å². The summed E-state index contributed by atoms with van der Waals surface area (Å²) in [6.45, 7) is 4.72. The Kier molecular flexibility index (Phi) is 5.38. The number of hydrogen-bond donors (Lipinski definition) is 1. The molecule has 0 aliphatic carbocycles. The fraction of sp³-hybridized carbons (Fsp3) is 0.471. The standard InChI is InChI=1S/C17H22N4O4S/c1-12(2)17-20-19-15(25-17)9-10-18-26(23,24)14-7-5-13(6-8-14)21-11-3-4-16(21)22/h5-8,12,18H,3-4,9-11H2,1-2H3. The van der Waals surface area contributed by atoms with Gasteiger partial charge in [0.2, 0.25) is 27.7 Å². The van der Waals surface area contributed by atoms with Gasteiger partial charge in [-0.3, -0.25) is 4.79 Å². The van der Waals surface area contributed by atoms with Gasteiger partial charge in [-0.15, -0.1) is 10.2 Å². The summed E-state index contributed by atoms with van der Waals surface area (Å²) in [5.74, 6) is 1.14. The number of nitrogens with zero attached hydrogens (tertiary/aromatic N) is 3. The molecule has 3 rings (SSSR count). The molecule has 0 saturated carbocycles. The largest absolute Gasteiger partial charge is 0.425 e. The number of amides is 1. The molecule has 2 aromatic rings. The summed E-state index contributed by atoms with van der Waals surface area (Å²) in [5.41, 5.74) is 0.721. The second kappa shape index (κ2) is 7.55. The van der Waals surface area contributed by atoms with Crippen LogP contribution in [0.25, 0.3) is 0 Å². The topological polar surface area (TPSA) is 105 Å². The molecule has 1 aliphatic rings. The highest BCUT2D eigenvalue weighted by Gasteiger charge is 2.22. The van der Waals surface area contributed by atoms with Crippen molar-refractivity contribution in [2.45, 2.75) is 43.9 Å². The molecule has 1 aliphatic heterocycles. The van der Waals surface area contributed by atoms with Gasteiger partial charge in [0.1, 0.15) is 0 Å². The molecule has 140 valence electrons. The van der Waals surface area contributed by atoms with E-state index >= 15 is 0 Å². The van der Waals surface area contributed by atoms with Crippen molar-refractivity contribution in [2.24, 2.45) is 0 Å². The molecule has 2 heterocycles. The predicted octanol–water partition coefficient (Wildman–Crippen LogP) is 1.84. The van der Waals surface area contributed by atoms with Crippen LogP contribution in [0.1, 0.15) is 44.4 Å². The number of rotatable bonds is 7. The van der Waals surface area contributed by atoms with Crippen LogP contribution in [-0.2, 0) is 21.2 Å². The summed E-state index contributed by atoms with van der Waals surface area (Å²) in [6.07, 6.45) is 1.68. The third-order valence-electron chi connectivity index (χ3n) is 4.14. The van der Waals surface area contributed by atoms with Gasteiger partial charge >= 0.3 is 0 Å². The molecule has 0 bridgehead atoms. The minimum Gasteiger partial charge on any atom is -0.425 e. The van der Waals surface area contributed by atoms with Gasteiger partial charge in [0.15, 0.2) is 0 Å². The number of aromatic nitrogens is 2. The summed E-state index contributed by atoms with van der Waals surface area (Å²) in [4.78, 5) is 13.6. The van der Waals surface area contributed by atoms with Gasteiger partial charge in [-0.25, -0.2) is 13.1 Å². The molecule has 1 saturated heterocycles. The number of benzene rings is 1. The van der Waals surface area contributed by atoms with E-state index in [0.29, 0.717) is 31.2 Å². The van der Waals surface area contributed by atoms with Crippen molar-refractivity contribution in [3.8, 4) is 0 Å². The molecule has 0 unspecified atom stereocenters. The first-order valence-electron chi connectivity index (χ1n) is 8.59. The minimum absolute atomic E-state index is 0.0686. The van der Waals surface area contributed by atoms with Gasteiger partial charge < -0.3 is 9.32 Å². The van der Waals surface area contributed by atoms with Crippen LogP contribution in [-0.4, -0.2) is 37.6 Å². The third kappa shape index (κ3) is 4.10. The molecular weight excluding hydrogens is 356 g/mol. The zero-order valence-corrected chi connectivity index (χ0v) is 15.6. The molecule has 0 atom stereocenters. The molecule has 1 fully saturated rings. The molecule has 1 aromatic carbocycles. The van der Waals surface area contributed by atoms with E-state index in [0.717, 1.165) is 12.1 Å². The van der Waals surface area contributed by atoms with E-state index < -0.39 is 10.0 Å². The summed E-state index contributed by atoms with van der Waals surface area (Å²) in [7, 11) is -3.64. The number of nitrogens with one attached hydrogen (secondary N) is 1. The SMILES string of the molecule is CC(C)c1nnc(CCNS(=O)(=O)c2ccc(N3CCCC3=O)cc2)o1. The molecule has 8 nitrogen and oxygen atoms in total. The van der Waals surface area contributed by atoms with Crippen LogP contribution in [0.3, 0.4) is 0 Å². The second-order valence-corrected chi connectivity index (χ2v) is 8.25. The van der Waals surface area contributed by atoms with E-state index in [4.69, 9.17) is 4.42 Å². The highest BCUT2D eigenvalue weighted by Crippen LogP contribution is 2.23. The first kappa shape index (κ1) is 18.5. The first-order chi connectivity index (χ1) is 12.4. The van der Waals surface area contributed by atoms with E-state index in [2.05, 4.69) is 14.9 Å². The Hall–Kier alpha value is -2.26. The fourth-order valence-electron chi connectivity index (χ4n) is 2.70. The van der Waals surface area contributed by atoms with Crippen molar-refractivity contribution in [3.05, 3.63) is 36.0 Å². The van der Waals surface area contributed by atoms with E-state index in [1.165, 1.54) is 12.1 Å². The maximum atomic E-state index is 12.4. The van der Waals surface area contributed by atoms with E-state index in [1.807, 2.05) is 13.8 Å². The molecule has 9 heteroatoms. The number of carbonyl (C=O) groups excluding carboxylic acids is 1. The predicted molar refractivity (Wildman–Crippen MR) is 95.3 cm³/mol. The molecule has 1 amide bonds. The Balaban J connectivity index is 1.59. The zero-order valence-electron chi connectivity index (χ0n) is 14.8. The zero-order chi connectivity index (χ0) is 18.7. The van der Waals surface area contributed by atoms with Crippen LogP contribution in [0, 0.1) is 0 Å². The fourth-order valence-corrected chi connectivity index (χ4v) is 3.73. The van der Waals surface area contributed by atoms with Crippen molar-refractivity contribution in [3.63, 3.8) is 0 Å². The Morgan fingerprint density at radius 3 is 2.54 bits per heavy atom. The van der Waals surface area contributed by atoms with Crippen molar-refractivity contribution < 1.29 is 17.6 Å². The van der Waals surface area contributed by atoms with Crippen LogP contribution >= 0.6 is 0 Å². The van der Waals surface area contributed by atoms with Crippen molar-refractivity contribution >= 4 is 21.6 Å². The van der Waals surface area contributed by atoms with Crippen LogP contribution in [0.5, 0.6) is 0 Å². The Morgan fingerprint density at radius 1 is 1.23 bits per heavy atom. The summed E-state index contributed by atoms with van der Waals surface area (Å²) in [6, 6.07) is 6.33. The minimum atomic E-state index is -3.64. The van der Waals surface area contributed by atoms with E-state index in [9.17, 15) is 13.2 Å². The molecule has 1 N–H and O–H groups in total. The number of carbonyl (C=O) groups is 1. The van der Waals surface area contributed by atoms with E-state index in [1.54, 1.807) is 17.0 Å². The summed E-state index contributed by atoms with van der Waals surface area (Å²) >= 11 is 0. The lowest BCUT2D eigenvalue weighted by atomic mass is 10.2. The molecular formula is C17H22N4O4S. The van der Waals surface area contributed by atoms with Crippen LogP contribution in [0.15, 0.2) is 33.6 Å². The average Bonchev–Trinajstić information content (AvgIpc) is 3.24. The average molecular weight is 378 g/mol. The second-order valence-electron chi connectivity index (χ2n) is 6.48. The number of sulfonamides is 1. The summed E-state index contributed by atoms with van der Waals surface area (Å²) < 4.78 is 32.7. The monoisotopic (exact) mass is 378 g/mol. The Morgan fingerprint density at radius 2 is 1.96 bits per heavy atom. The summed E-state index contributed by atoms with van der Waals surface area (Å²) in [5, 5.41) is 7.82. The lowest BCUT2D eigenvalue weighted by Gasteiger charge is -2.16. The van der Waals surface area contributed by atoms with Crippen LogP contribution in [0.2, 0.25) is 0 Å². The quantitative estimate of drug-likeness (QED) is 0.788. The van der Waals surface area contributed by atoms with Gasteiger partial charge in [-0.1, -0.05) is 13.8 Å². The maximum Gasteiger partial charge on any atom is 0.240 e. The Bertz CT molecular complexity index is 874. The first-order valence-corrected chi connectivity index (χ1v) is 10.1. The highest BCUT2D eigenvalue weighted by molar-refractivity contribution is 7.89.